The van der Waals surface area contributed by atoms with Gasteiger partial charge in [0.05, 0.1) is 18.3 Å². The number of rotatable bonds is 6. The maximum atomic E-state index is 11.1. The zero-order valence-electron chi connectivity index (χ0n) is 11.1. The van der Waals surface area contributed by atoms with E-state index in [9.17, 15) is 14.7 Å². The molecule has 20 heavy (non-hydrogen) atoms. The number of carboxylic acids is 2. The fourth-order valence-corrected chi connectivity index (χ4v) is 1.85. The summed E-state index contributed by atoms with van der Waals surface area (Å²) < 4.78 is 0. The van der Waals surface area contributed by atoms with Crippen LogP contribution in [0.3, 0.4) is 0 Å². The van der Waals surface area contributed by atoms with Crippen molar-refractivity contribution in [2.75, 3.05) is 6.54 Å². The van der Waals surface area contributed by atoms with Gasteiger partial charge in [0, 0.05) is 11.8 Å². The van der Waals surface area contributed by atoms with Gasteiger partial charge in [-0.15, -0.1) is 0 Å². The van der Waals surface area contributed by atoms with Crippen molar-refractivity contribution in [3.63, 3.8) is 0 Å². The Labute approximate surface area is 115 Å². The van der Waals surface area contributed by atoms with Crippen LogP contribution < -0.4 is 11.1 Å². The average Bonchev–Trinajstić information content (AvgIpc) is 2.36. The van der Waals surface area contributed by atoms with E-state index in [2.05, 4.69) is 10.3 Å². The molecule has 0 saturated carbocycles. The normalized spacial score (nSPS) is 13.8. The van der Waals surface area contributed by atoms with Crippen molar-refractivity contribution in [2.24, 2.45) is 5.73 Å². The minimum Gasteiger partial charge on any atom is -0.506 e. The molecular formula is C12H17N3O5. The van der Waals surface area contributed by atoms with Crippen LogP contribution in [0.5, 0.6) is 5.75 Å². The van der Waals surface area contributed by atoms with Crippen LogP contribution >= 0.6 is 0 Å². The Morgan fingerprint density at radius 2 is 2.00 bits per heavy atom. The lowest BCUT2D eigenvalue weighted by molar-refractivity contribution is -0.140. The highest BCUT2D eigenvalue weighted by atomic mass is 16.4. The van der Waals surface area contributed by atoms with Crippen LogP contribution in [0.2, 0.25) is 0 Å². The molecule has 0 aliphatic rings. The number of nitrogens with two attached hydrogens (primary N) is 1. The predicted octanol–water partition coefficient (Wildman–Crippen LogP) is -0.469. The first-order valence-electron chi connectivity index (χ1n) is 5.84. The molecule has 0 aromatic carbocycles. The number of aromatic hydroxyl groups is 1. The molecule has 0 radical (unpaired) electrons. The van der Waals surface area contributed by atoms with E-state index in [0.29, 0.717) is 11.3 Å². The number of nitrogens with one attached hydrogen (secondary N) is 1. The Morgan fingerprint density at radius 1 is 1.40 bits per heavy atom. The van der Waals surface area contributed by atoms with E-state index >= 15 is 0 Å². The van der Waals surface area contributed by atoms with Gasteiger partial charge in [-0.05, 0) is 19.4 Å². The Balaban J connectivity index is 3.26. The number of aliphatic carboxylic acids is 2. The van der Waals surface area contributed by atoms with Crippen molar-refractivity contribution in [1.29, 1.82) is 0 Å². The van der Waals surface area contributed by atoms with Crippen LogP contribution in [0.25, 0.3) is 0 Å². The average molecular weight is 283 g/mol. The van der Waals surface area contributed by atoms with E-state index in [-0.39, 0.29) is 11.3 Å². The first kappa shape index (κ1) is 15.9. The number of hydrogen-bond acceptors (Lipinski definition) is 6. The van der Waals surface area contributed by atoms with Gasteiger partial charge in [0.25, 0.3) is 0 Å². The molecule has 2 atom stereocenters. The summed E-state index contributed by atoms with van der Waals surface area (Å²) in [7, 11) is 0. The van der Waals surface area contributed by atoms with Gasteiger partial charge in [0.15, 0.2) is 0 Å². The molecule has 110 valence electrons. The fraction of sp³-hybridized carbons (Fsp3) is 0.417. The van der Waals surface area contributed by atoms with E-state index in [1.165, 1.54) is 6.20 Å². The molecule has 0 fully saturated rings. The zero-order chi connectivity index (χ0) is 15.4. The number of pyridine rings is 1. The molecule has 1 aromatic rings. The van der Waals surface area contributed by atoms with Gasteiger partial charge in [0.1, 0.15) is 11.8 Å². The van der Waals surface area contributed by atoms with Gasteiger partial charge in [-0.1, -0.05) is 0 Å². The second-order valence-corrected chi connectivity index (χ2v) is 4.41. The highest BCUT2D eigenvalue weighted by molar-refractivity contribution is 5.75. The number of carbonyl (C=O) groups is 2. The van der Waals surface area contributed by atoms with Crippen molar-refractivity contribution in [3.05, 3.63) is 23.0 Å². The third-order valence-electron chi connectivity index (χ3n) is 2.90. The maximum absolute atomic E-state index is 11.1. The summed E-state index contributed by atoms with van der Waals surface area (Å²) in [6, 6.07) is -2.44. The minimum atomic E-state index is -1.40. The summed E-state index contributed by atoms with van der Waals surface area (Å²) in [5.74, 6) is -2.65. The number of aromatic nitrogens is 1. The van der Waals surface area contributed by atoms with Gasteiger partial charge in [-0.25, -0.2) is 0 Å². The molecule has 8 heteroatoms. The minimum absolute atomic E-state index is 0.190. The van der Waals surface area contributed by atoms with Crippen molar-refractivity contribution in [2.45, 2.75) is 25.9 Å². The van der Waals surface area contributed by atoms with Crippen LogP contribution in [-0.4, -0.2) is 44.8 Å². The first-order valence-corrected chi connectivity index (χ1v) is 5.84. The number of carboxylic acid groups (broad SMARTS) is 2. The Bertz CT molecular complexity index is 532. The van der Waals surface area contributed by atoms with Crippen LogP contribution in [0.1, 0.15) is 22.9 Å². The molecule has 8 nitrogen and oxygen atoms in total. The van der Waals surface area contributed by atoms with Gasteiger partial charge in [-0.2, -0.15) is 0 Å². The third kappa shape index (κ3) is 3.43. The molecule has 0 spiro atoms. The van der Waals surface area contributed by atoms with Crippen molar-refractivity contribution in [3.8, 4) is 5.75 Å². The summed E-state index contributed by atoms with van der Waals surface area (Å²) in [4.78, 5) is 25.6. The Hall–Kier alpha value is -2.19. The van der Waals surface area contributed by atoms with Crippen molar-refractivity contribution >= 4 is 11.9 Å². The molecule has 0 saturated heterocycles. The van der Waals surface area contributed by atoms with Crippen molar-refractivity contribution < 1.29 is 24.9 Å². The van der Waals surface area contributed by atoms with Gasteiger partial charge < -0.3 is 21.1 Å². The van der Waals surface area contributed by atoms with Crippen LogP contribution in [0.15, 0.2) is 6.20 Å². The maximum Gasteiger partial charge on any atom is 0.322 e. The summed E-state index contributed by atoms with van der Waals surface area (Å²) >= 11 is 0. The van der Waals surface area contributed by atoms with Gasteiger partial charge in [-0.3, -0.25) is 19.9 Å². The van der Waals surface area contributed by atoms with Gasteiger partial charge >= 0.3 is 11.9 Å². The number of aryl methyl sites for hydroxylation is 2. The molecule has 0 unspecified atom stereocenters. The molecule has 6 N–H and O–H groups in total. The molecule has 1 heterocycles. The standard InChI is InChI=1S/C12H17N3O5/c1-5-3-14-6(2)11(18)8(5)10(9(13)12(19)20)15-4-7(16)17/h3,9-10,15,18H,4,13H2,1-2H3,(H,16,17)(H,19,20)/t9-,10-/m0/s1. The smallest absolute Gasteiger partial charge is 0.322 e. The number of nitrogens with zero attached hydrogens (tertiary/aromatic N) is 1. The van der Waals surface area contributed by atoms with E-state index < -0.39 is 30.6 Å². The van der Waals surface area contributed by atoms with E-state index in [0.717, 1.165) is 0 Å². The van der Waals surface area contributed by atoms with Crippen LogP contribution in [0, 0.1) is 13.8 Å². The van der Waals surface area contributed by atoms with Crippen LogP contribution in [-0.2, 0) is 9.59 Å². The molecule has 0 aliphatic heterocycles. The van der Waals surface area contributed by atoms with E-state index in [4.69, 9.17) is 15.9 Å². The van der Waals surface area contributed by atoms with Gasteiger partial charge in [0.2, 0.25) is 0 Å². The third-order valence-corrected chi connectivity index (χ3v) is 2.90. The highest BCUT2D eigenvalue weighted by Crippen LogP contribution is 2.30. The Kier molecular flexibility index (Phi) is 5.00. The fourth-order valence-electron chi connectivity index (χ4n) is 1.85. The molecule has 1 rings (SSSR count). The predicted molar refractivity (Wildman–Crippen MR) is 69.4 cm³/mol. The monoisotopic (exact) mass is 283 g/mol. The molecule has 0 aliphatic carbocycles. The number of hydrogen-bond donors (Lipinski definition) is 5. The van der Waals surface area contributed by atoms with E-state index in [1.807, 2.05) is 0 Å². The molecule has 1 aromatic heterocycles. The summed E-state index contributed by atoms with van der Waals surface area (Å²) in [6.07, 6.45) is 1.47. The summed E-state index contributed by atoms with van der Waals surface area (Å²) in [6.45, 7) is 2.70. The van der Waals surface area contributed by atoms with Crippen molar-refractivity contribution in [1.82, 2.24) is 10.3 Å². The summed E-state index contributed by atoms with van der Waals surface area (Å²) in [5, 5.41) is 30.3. The summed E-state index contributed by atoms with van der Waals surface area (Å²) in [5.41, 5.74) is 6.66. The first-order chi connectivity index (χ1) is 9.25. The lowest BCUT2D eigenvalue weighted by Gasteiger charge is -2.24. The highest BCUT2D eigenvalue weighted by Gasteiger charge is 2.30. The SMILES string of the molecule is Cc1cnc(C)c(O)c1[C@H](NCC(=O)O)[C@H](N)C(=O)O. The van der Waals surface area contributed by atoms with E-state index in [1.54, 1.807) is 13.8 Å². The lowest BCUT2D eigenvalue weighted by Crippen LogP contribution is -2.45. The Morgan fingerprint density at radius 3 is 2.50 bits per heavy atom. The molecule has 0 bridgehead atoms. The topological polar surface area (TPSA) is 146 Å². The second kappa shape index (κ2) is 6.31. The van der Waals surface area contributed by atoms with Crippen LogP contribution in [0.4, 0.5) is 0 Å². The molecular weight excluding hydrogens is 266 g/mol. The second-order valence-electron chi connectivity index (χ2n) is 4.41. The molecule has 0 amide bonds. The lowest BCUT2D eigenvalue weighted by atomic mass is 9.95. The quantitative estimate of drug-likeness (QED) is 0.471. The largest absolute Gasteiger partial charge is 0.506 e. The zero-order valence-corrected chi connectivity index (χ0v) is 11.1.